The maximum Gasteiger partial charge on any atom is 0.407 e. The van der Waals surface area contributed by atoms with Crippen LogP contribution in [-0.4, -0.2) is 64.4 Å². The van der Waals surface area contributed by atoms with Gasteiger partial charge in [0.05, 0.1) is 12.0 Å². The van der Waals surface area contributed by atoms with Crippen LogP contribution in [0.5, 0.6) is 0 Å². The third-order valence-electron chi connectivity index (χ3n) is 6.81. The van der Waals surface area contributed by atoms with Crippen LogP contribution in [0.4, 0.5) is 4.79 Å². The fourth-order valence-corrected chi connectivity index (χ4v) is 4.91. The lowest BCUT2D eigenvalue weighted by molar-refractivity contribution is -0.142. The Kier molecular flexibility index (Phi) is 6.61. The number of carbonyl (C=O) groups excluding carboxylic acids is 2. The number of likely N-dealkylation sites (tertiary alicyclic amines) is 1. The molecule has 8 nitrogen and oxygen atoms in total. The van der Waals surface area contributed by atoms with Gasteiger partial charge in [-0.25, -0.2) is 4.79 Å². The van der Waals surface area contributed by atoms with Crippen LogP contribution in [-0.2, 0) is 14.3 Å². The number of ether oxygens (including phenoxy) is 1. The molecule has 1 aliphatic carbocycles. The smallest absolute Gasteiger partial charge is 0.407 e. The Morgan fingerprint density at radius 3 is 2.21 bits per heavy atom. The largest absolute Gasteiger partial charge is 0.481 e. The number of fused-ring (bicyclic) bond motifs is 3. The van der Waals surface area contributed by atoms with Gasteiger partial charge in [0.25, 0.3) is 0 Å². The highest BCUT2D eigenvalue weighted by atomic mass is 16.5. The Balaban J connectivity index is 1.41. The van der Waals surface area contributed by atoms with E-state index in [4.69, 9.17) is 4.74 Å². The summed E-state index contributed by atoms with van der Waals surface area (Å²) in [5.74, 6) is -1.94. The SMILES string of the molecule is CC(C)(O)C1CCN(C(=O)C(CC(=O)O)NC(=O)OCC2c3ccccc3-c3ccccc32)C1. The molecule has 0 spiro atoms. The minimum Gasteiger partial charge on any atom is -0.481 e. The van der Waals surface area contributed by atoms with Crippen molar-refractivity contribution >= 4 is 18.0 Å². The Labute approximate surface area is 198 Å². The highest BCUT2D eigenvalue weighted by Crippen LogP contribution is 2.44. The summed E-state index contributed by atoms with van der Waals surface area (Å²) in [6, 6.07) is 14.7. The molecule has 1 heterocycles. The van der Waals surface area contributed by atoms with Crippen molar-refractivity contribution in [3.63, 3.8) is 0 Å². The summed E-state index contributed by atoms with van der Waals surface area (Å²) >= 11 is 0. The lowest BCUT2D eigenvalue weighted by Gasteiger charge is -2.27. The van der Waals surface area contributed by atoms with Crippen molar-refractivity contribution in [2.24, 2.45) is 5.92 Å². The number of alkyl carbamates (subject to hydrolysis) is 1. The van der Waals surface area contributed by atoms with Crippen molar-refractivity contribution in [2.75, 3.05) is 19.7 Å². The molecule has 2 amide bonds. The van der Waals surface area contributed by atoms with Crippen molar-refractivity contribution in [1.82, 2.24) is 10.2 Å². The molecular formula is C26H30N2O6. The molecule has 1 saturated heterocycles. The van der Waals surface area contributed by atoms with E-state index in [1.807, 2.05) is 48.5 Å². The Hall–Kier alpha value is -3.39. The number of amides is 2. The van der Waals surface area contributed by atoms with Gasteiger partial charge in [0.15, 0.2) is 0 Å². The molecule has 34 heavy (non-hydrogen) atoms. The molecule has 180 valence electrons. The van der Waals surface area contributed by atoms with Crippen LogP contribution < -0.4 is 5.32 Å². The molecule has 2 aromatic rings. The molecule has 3 N–H and O–H groups in total. The molecule has 8 heteroatoms. The predicted molar refractivity (Wildman–Crippen MR) is 125 cm³/mol. The minimum atomic E-state index is -1.24. The second-order valence-corrected chi connectivity index (χ2v) is 9.54. The molecule has 1 aliphatic heterocycles. The normalized spacial score (nSPS) is 18.2. The van der Waals surface area contributed by atoms with E-state index in [1.54, 1.807) is 13.8 Å². The van der Waals surface area contributed by atoms with E-state index in [9.17, 15) is 24.6 Å². The lowest BCUT2D eigenvalue weighted by Crippen LogP contribution is -2.49. The van der Waals surface area contributed by atoms with Crippen LogP contribution in [0, 0.1) is 5.92 Å². The zero-order valence-corrected chi connectivity index (χ0v) is 19.4. The molecule has 2 aliphatic rings. The number of carboxylic acid groups (broad SMARTS) is 1. The highest BCUT2D eigenvalue weighted by Gasteiger charge is 2.38. The molecule has 0 bridgehead atoms. The van der Waals surface area contributed by atoms with E-state index < -0.39 is 36.0 Å². The van der Waals surface area contributed by atoms with E-state index in [0.717, 1.165) is 22.3 Å². The standard InChI is InChI=1S/C26H30N2O6/c1-26(2,33)16-11-12-28(14-16)24(31)22(13-23(29)30)27-25(32)34-15-21-19-9-5-3-7-17(19)18-8-4-6-10-20(18)21/h3-10,16,21-22,33H,11-15H2,1-2H3,(H,27,32)(H,29,30). The van der Waals surface area contributed by atoms with Gasteiger partial charge in [0, 0.05) is 24.9 Å². The molecule has 0 radical (unpaired) electrons. The van der Waals surface area contributed by atoms with E-state index in [0.29, 0.717) is 19.5 Å². The zero-order valence-electron chi connectivity index (χ0n) is 19.4. The summed E-state index contributed by atoms with van der Waals surface area (Å²) in [4.78, 5) is 38.5. The first-order chi connectivity index (χ1) is 16.1. The number of nitrogens with one attached hydrogen (secondary N) is 1. The van der Waals surface area contributed by atoms with Crippen molar-refractivity contribution in [1.29, 1.82) is 0 Å². The number of rotatable bonds is 7. The average molecular weight is 467 g/mol. The topological polar surface area (TPSA) is 116 Å². The van der Waals surface area contributed by atoms with Crippen LogP contribution in [0.1, 0.15) is 43.7 Å². The van der Waals surface area contributed by atoms with Crippen molar-refractivity contribution in [3.8, 4) is 11.1 Å². The predicted octanol–water partition coefficient (Wildman–Crippen LogP) is 2.99. The number of benzene rings is 2. The van der Waals surface area contributed by atoms with Crippen LogP contribution in [0.2, 0.25) is 0 Å². The van der Waals surface area contributed by atoms with Gasteiger partial charge in [-0.15, -0.1) is 0 Å². The van der Waals surface area contributed by atoms with Gasteiger partial charge in [-0.05, 0) is 42.5 Å². The van der Waals surface area contributed by atoms with E-state index in [-0.39, 0.29) is 18.4 Å². The molecule has 4 rings (SSSR count). The maximum absolute atomic E-state index is 13.0. The van der Waals surface area contributed by atoms with Crippen LogP contribution in [0.3, 0.4) is 0 Å². The fraction of sp³-hybridized carbons (Fsp3) is 0.423. The van der Waals surface area contributed by atoms with Gasteiger partial charge >= 0.3 is 12.1 Å². The van der Waals surface area contributed by atoms with Gasteiger partial charge in [-0.3, -0.25) is 9.59 Å². The summed E-state index contributed by atoms with van der Waals surface area (Å²) in [5.41, 5.74) is 3.37. The van der Waals surface area contributed by atoms with E-state index >= 15 is 0 Å². The number of aliphatic hydroxyl groups is 1. The molecule has 2 atom stereocenters. The van der Waals surface area contributed by atoms with Crippen molar-refractivity contribution < 1.29 is 29.3 Å². The average Bonchev–Trinajstić information content (AvgIpc) is 3.40. The van der Waals surface area contributed by atoms with Crippen LogP contribution in [0.15, 0.2) is 48.5 Å². The van der Waals surface area contributed by atoms with Gasteiger partial charge < -0.3 is 25.2 Å². The number of nitrogens with zero attached hydrogens (tertiary/aromatic N) is 1. The van der Waals surface area contributed by atoms with Crippen molar-refractivity contribution in [3.05, 3.63) is 59.7 Å². The first-order valence-electron chi connectivity index (χ1n) is 11.5. The van der Waals surface area contributed by atoms with E-state index in [2.05, 4.69) is 5.32 Å². The van der Waals surface area contributed by atoms with Gasteiger partial charge in [0.2, 0.25) is 5.91 Å². The number of aliphatic carboxylic acids is 1. The van der Waals surface area contributed by atoms with Crippen LogP contribution in [0.25, 0.3) is 11.1 Å². The molecule has 0 saturated carbocycles. The first-order valence-corrected chi connectivity index (χ1v) is 11.5. The van der Waals surface area contributed by atoms with Gasteiger partial charge in [-0.2, -0.15) is 0 Å². The molecular weight excluding hydrogens is 436 g/mol. The summed E-state index contributed by atoms with van der Waals surface area (Å²) in [6.45, 7) is 4.16. The molecule has 1 fully saturated rings. The number of carboxylic acids is 1. The zero-order chi connectivity index (χ0) is 24.5. The highest BCUT2D eigenvalue weighted by molar-refractivity contribution is 5.89. The number of hydrogen-bond acceptors (Lipinski definition) is 5. The first kappa shape index (κ1) is 23.8. The summed E-state index contributed by atoms with van der Waals surface area (Å²) in [6.07, 6.45) is -0.771. The Morgan fingerprint density at radius 1 is 1.09 bits per heavy atom. The second-order valence-electron chi connectivity index (χ2n) is 9.54. The van der Waals surface area contributed by atoms with Crippen molar-refractivity contribution in [2.45, 2.75) is 44.2 Å². The van der Waals surface area contributed by atoms with Gasteiger partial charge in [-0.1, -0.05) is 48.5 Å². The Bertz CT molecular complexity index is 1050. The monoisotopic (exact) mass is 466 g/mol. The van der Waals surface area contributed by atoms with Gasteiger partial charge in [0.1, 0.15) is 12.6 Å². The number of carbonyl (C=O) groups is 3. The molecule has 2 unspecified atom stereocenters. The Morgan fingerprint density at radius 2 is 1.68 bits per heavy atom. The second kappa shape index (κ2) is 9.46. The summed E-state index contributed by atoms with van der Waals surface area (Å²) in [7, 11) is 0. The van der Waals surface area contributed by atoms with E-state index in [1.165, 1.54) is 4.90 Å². The third kappa shape index (κ3) is 4.92. The van der Waals surface area contributed by atoms with Crippen LogP contribution >= 0.6 is 0 Å². The molecule has 0 aromatic heterocycles. The quantitative estimate of drug-likeness (QED) is 0.578. The summed E-state index contributed by atoms with van der Waals surface area (Å²) in [5, 5.41) is 22.0. The third-order valence-corrected chi connectivity index (χ3v) is 6.81. The number of hydrogen-bond donors (Lipinski definition) is 3. The minimum absolute atomic E-state index is 0.0678. The summed E-state index contributed by atoms with van der Waals surface area (Å²) < 4.78 is 5.49. The lowest BCUT2D eigenvalue weighted by atomic mass is 9.90. The maximum atomic E-state index is 13.0. The molecule has 2 aromatic carbocycles. The fourth-order valence-electron chi connectivity index (χ4n) is 4.91.